The van der Waals surface area contributed by atoms with E-state index in [1.54, 1.807) is 0 Å². The lowest BCUT2D eigenvalue weighted by Crippen LogP contribution is -2.14. The molecule has 1 rings (SSSR count). The van der Waals surface area contributed by atoms with Gasteiger partial charge >= 0.3 is 0 Å². The standard InChI is InChI=1S/C5H10O3S2/c1-2-5-3-4-9(6)10(5,7)8/h5H,2-4H2,1H3. The monoisotopic (exact) mass is 182 g/mol. The zero-order valence-electron chi connectivity index (χ0n) is 5.74. The van der Waals surface area contributed by atoms with Crippen molar-refractivity contribution in [1.29, 1.82) is 0 Å². The molecule has 0 saturated carbocycles. The van der Waals surface area contributed by atoms with E-state index in [2.05, 4.69) is 0 Å². The Bertz CT molecular complexity index is 242. The molecule has 60 valence electrons. The van der Waals surface area contributed by atoms with Crippen LogP contribution in [0.15, 0.2) is 0 Å². The second-order valence-electron chi connectivity index (χ2n) is 2.32. The predicted molar refractivity (Wildman–Crippen MR) is 40.6 cm³/mol. The molecule has 0 aromatic heterocycles. The van der Waals surface area contributed by atoms with E-state index in [0.29, 0.717) is 18.6 Å². The second-order valence-corrected chi connectivity index (χ2v) is 7.50. The molecule has 1 fully saturated rings. The van der Waals surface area contributed by atoms with Crippen LogP contribution in [-0.4, -0.2) is 23.6 Å². The van der Waals surface area contributed by atoms with Gasteiger partial charge in [-0.05, 0) is 12.8 Å². The highest BCUT2D eigenvalue weighted by Crippen LogP contribution is 2.23. The maximum Gasteiger partial charge on any atom is 0.232 e. The molecule has 2 unspecified atom stereocenters. The van der Waals surface area contributed by atoms with E-state index in [-0.39, 0.29) is 5.25 Å². The van der Waals surface area contributed by atoms with Crippen molar-refractivity contribution in [3.05, 3.63) is 0 Å². The third-order valence-electron chi connectivity index (χ3n) is 1.73. The Morgan fingerprint density at radius 1 is 1.60 bits per heavy atom. The maximum absolute atomic E-state index is 11.0. The normalized spacial score (nSPS) is 38.1. The lowest BCUT2D eigenvalue weighted by molar-refractivity contribution is 0.590. The van der Waals surface area contributed by atoms with Crippen molar-refractivity contribution in [1.82, 2.24) is 0 Å². The summed E-state index contributed by atoms with van der Waals surface area (Å²) in [6, 6.07) is 0. The highest BCUT2D eigenvalue weighted by atomic mass is 33.2. The summed E-state index contributed by atoms with van der Waals surface area (Å²) in [6.07, 6.45) is 1.17. The van der Waals surface area contributed by atoms with Gasteiger partial charge in [0, 0.05) is 5.75 Å². The van der Waals surface area contributed by atoms with Crippen LogP contribution in [0.1, 0.15) is 19.8 Å². The molecular formula is C5H10O3S2. The summed E-state index contributed by atoms with van der Waals surface area (Å²) >= 11 is 0. The molecule has 0 amide bonds. The Balaban J connectivity index is 2.96. The molecule has 0 aliphatic carbocycles. The van der Waals surface area contributed by atoms with Gasteiger partial charge < -0.3 is 0 Å². The van der Waals surface area contributed by atoms with E-state index in [9.17, 15) is 12.6 Å². The van der Waals surface area contributed by atoms with Gasteiger partial charge in [-0.1, -0.05) is 6.92 Å². The quantitative estimate of drug-likeness (QED) is 0.546. The topological polar surface area (TPSA) is 51.2 Å². The minimum Gasteiger partial charge on any atom is -0.243 e. The third kappa shape index (κ3) is 1.12. The Hall–Kier alpha value is 0.1000. The van der Waals surface area contributed by atoms with Crippen LogP contribution in [0.3, 0.4) is 0 Å². The Morgan fingerprint density at radius 3 is 2.40 bits per heavy atom. The molecule has 1 heterocycles. The van der Waals surface area contributed by atoms with Crippen LogP contribution in [0, 0.1) is 0 Å². The van der Waals surface area contributed by atoms with E-state index in [0.717, 1.165) is 0 Å². The van der Waals surface area contributed by atoms with Crippen molar-refractivity contribution in [3.8, 4) is 0 Å². The van der Waals surface area contributed by atoms with Gasteiger partial charge in [0.15, 0.2) is 0 Å². The Kier molecular flexibility index (Phi) is 2.15. The minimum atomic E-state index is -3.24. The van der Waals surface area contributed by atoms with E-state index < -0.39 is 18.7 Å². The van der Waals surface area contributed by atoms with Crippen molar-refractivity contribution < 1.29 is 12.6 Å². The van der Waals surface area contributed by atoms with Crippen molar-refractivity contribution in [2.75, 3.05) is 5.75 Å². The van der Waals surface area contributed by atoms with Crippen molar-refractivity contribution in [2.45, 2.75) is 25.0 Å². The van der Waals surface area contributed by atoms with Crippen molar-refractivity contribution in [2.24, 2.45) is 0 Å². The van der Waals surface area contributed by atoms with Crippen LogP contribution in [0.25, 0.3) is 0 Å². The molecule has 10 heavy (non-hydrogen) atoms. The van der Waals surface area contributed by atoms with Gasteiger partial charge in [-0.3, -0.25) is 0 Å². The summed E-state index contributed by atoms with van der Waals surface area (Å²) in [5, 5.41) is -0.340. The molecule has 1 saturated heterocycles. The first kappa shape index (κ1) is 8.20. The van der Waals surface area contributed by atoms with Crippen molar-refractivity contribution >= 4 is 18.7 Å². The van der Waals surface area contributed by atoms with Crippen LogP contribution < -0.4 is 0 Å². The smallest absolute Gasteiger partial charge is 0.232 e. The van der Waals surface area contributed by atoms with Gasteiger partial charge in [-0.15, -0.1) is 0 Å². The molecule has 0 aromatic rings. The van der Waals surface area contributed by atoms with E-state index in [1.807, 2.05) is 6.92 Å². The summed E-state index contributed by atoms with van der Waals surface area (Å²) in [4.78, 5) is 0. The lowest BCUT2D eigenvalue weighted by Gasteiger charge is -2.00. The maximum atomic E-state index is 11.0. The SMILES string of the molecule is CCC1CCS(=O)S1(=O)=O. The van der Waals surface area contributed by atoms with Crippen LogP contribution >= 0.6 is 0 Å². The van der Waals surface area contributed by atoms with Gasteiger partial charge in [-0.25, -0.2) is 12.6 Å². The fourth-order valence-electron chi connectivity index (χ4n) is 1.05. The summed E-state index contributed by atoms with van der Waals surface area (Å²) < 4.78 is 32.8. The molecule has 0 radical (unpaired) electrons. The van der Waals surface area contributed by atoms with Gasteiger partial charge in [0.25, 0.3) is 0 Å². The first-order valence-electron chi connectivity index (χ1n) is 3.21. The molecule has 0 aromatic carbocycles. The lowest BCUT2D eigenvalue weighted by atomic mass is 10.3. The zero-order chi connectivity index (χ0) is 7.78. The second kappa shape index (κ2) is 2.62. The Labute approximate surface area is 62.6 Å². The van der Waals surface area contributed by atoms with Crippen LogP contribution in [0.4, 0.5) is 0 Å². The van der Waals surface area contributed by atoms with Gasteiger partial charge in [0.2, 0.25) is 8.87 Å². The summed E-state index contributed by atoms with van der Waals surface area (Å²) in [5.41, 5.74) is 0. The fourth-order valence-corrected chi connectivity index (χ4v) is 5.62. The molecule has 0 bridgehead atoms. The molecule has 3 nitrogen and oxygen atoms in total. The van der Waals surface area contributed by atoms with Crippen LogP contribution in [0.2, 0.25) is 0 Å². The van der Waals surface area contributed by atoms with Gasteiger partial charge in [-0.2, -0.15) is 0 Å². The predicted octanol–water partition coefficient (Wildman–Crippen LogP) is 0.247. The molecule has 5 heteroatoms. The Morgan fingerprint density at radius 2 is 2.20 bits per heavy atom. The summed E-state index contributed by atoms with van der Waals surface area (Å²) in [6.45, 7) is 1.81. The first-order valence-corrected chi connectivity index (χ1v) is 6.60. The van der Waals surface area contributed by atoms with Crippen molar-refractivity contribution in [3.63, 3.8) is 0 Å². The van der Waals surface area contributed by atoms with Crippen LogP contribution in [0.5, 0.6) is 0 Å². The van der Waals surface area contributed by atoms with Crippen LogP contribution in [-0.2, 0) is 18.7 Å². The number of hydrogen-bond acceptors (Lipinski definition) is 3. The highest BCUT2D eigenvalue weighted by Gasteiger charge is 2.36. The van der Waals surface area contributed by atoms with Gasteiger partial charge in [0.05, 0.1) is 5.25 Å². The molecule has 1 aliphatic rings. The third-order valence-corrected chi connectivity index (χ3v) is 7.07. The van der Waals surface area contributed by atoms with E-state index in [4.69, 9.17) is 0 Å². The first-order chi connectivity index (χ1) is 4.59. The zero-order valence-corrected chi connectivity index (χ0v) is 7.37. The largest absolute Gasteiger partial charge is 0.243 e. The molecule has 2 atom stereocenters. The summed E-state index contributed by atoms with van der Waals surface area (Å²) in [7, 11) is -4.83. The average Bonchev–Trinajstić information content (AvgIpc) is 2.10. The van der Waals surface area contributed by atoms with Gasteiger partial charge in [0.1, 0.15) is 9.83 Å². The molecular weight excluding hydrogens is 172 g/mol. The molecule has 1 aliphatic heterocycles. The fraction of sp³-hybridized carbons (Fsp3) is 1.00. The highest BCUT2D eigenvalue weighted by molar-refractivity contribution is 8.64. The molecule has 0 spiro atoms. The number of rotatable bonds is 1. The average molecular weight is 182 g/mol. The number of hydrogen-bond donors (Lipinski definition) is 0. The minimum absolute atomic E-state index is 0.334. The summed E-state index contributed by atoms with van der Waals surface area (Å²) in [5.74, 6) is 0.334. The molecule has 0 N–H and O–H groups in total. The van der Waals surface area contributed by atoms with E-state index >= 15 is 0 Å². The van der Waals surface area contributed by atoms with E-state index in [1.165, 1.54) is 0 Å².